The highest BCUT2D eigenvalue weighted by Gasteiger charge is 2.46. The Morgan fingerprint density at radius 1 is 1.21 bits per heavy atom. The van der Waals surface area contributed by atoms with E-state index in [0.29, 0.717) is 23.1 Å². The van der Waals surface area contributed by atoms with Crippen LogP contribution in [0.2, 0.25) is 0 Å². The summed E-state index contributed by atoms with van der Waals surface area (Å²) in [5, 5.41) is 14.7. The van der Waals surface area contributed by atoms with Gasteiger partial charge in [-0.3, -0.25) is 14.5 Å². The highest BCUT2D eigenvalue weighted by Crippen LogP contribution is 2.43. The predicted molar refractivity (Wildman–Crippen MR) is 113 cm³/mol. The Kier molecular flexibility index (Phi) is 5.46. The first-order valence-electron chi connectivity index (χ1n) is 9.09. The molecule has 8 heteroatoms. The molecule has 148 valence electrons. The normalized spacial score (nSPS) is 16.5. The first kappa shape index (κ1) is 19.4. The van der Waals surface area contributed by atoms with E-state index in [-0.39, 0.29) is 5.57 Å². The number of aliphatic hydroxyl groups excluding tert-OH is 1. The second-order valence-corrected chi connectivity index (χ2v) is 8.22. The fourth-order valence-corrected chi connectivity index (χ4v) is 4.65. The summed E-state index contributed by atoms with van der Waals surface area (Å²) in [4.78, 5) is 32.5. The molecule has 1 amide bonds. The van der Waals surface area contributed by atoms with Crippen LogP contribution in [0, 0.1) is 0 Å². The number of Topliss-reactive ketones (excluding diaryl/α,β-unsaturated/α-hetero) is 1. The van der Waals surface area contributed by atoms with Gasteiger partial charge >= 0.3 is 0 Å². The van der Waals surface area contributed by atoms with E-state index in [2.05, 4.69) is 4.98 Å². The Balaban J connectivity index is 1.72. The number of aromatic nitrogens is 1. The van der Waals surface area contributed by atoms with Crippen molar-refractivity contribution in [3.8, 4) is 5.75 Å². The predicted octanol–water partition coefficient (Wildman–Crippen LogP) is 4.78. The van der Waals surface area contributed by atoms with Crippen LogP contribution in [-0.2, 0) is 4.79 Å². The summed E-state index contributed by atoms with van der Waals surface area (Å²) in [6.07, 6.45) is 2.48. The number of hydrogen-bond donors (Lipinski definition) is 1. The highest BCUT2D eigenvalue weighted by atomic mass is 32.1. The van der Waals surface area contributed by atoms with Gasteiger partial charge in [0, 0.05) is 22.0 Å². The van der Waals surface area contributed by atoms with Crippen molar-refractivity contribution in [2.45, 2.75) is 19.4 Å². The van der Waals surface area contributed by atoms with Gasteiger partial charge in [0.2, 0.25) is 0 Å². The number of benzene rings is 1. The quantitative estimate of drug-likeness (QED) is 0.550. The van der Waals surface area contributed by atoms with Crippen molar-refractivity contribution in [2.75, 3.05) is 11.5 Å². The van der Waals surface area contributed by atoms with Gasteiger partial charge in [-0.15, -0.1) is 22.7 Å². The lowest BCUT2D eigenvalue weighted by Gasteiger charge is -2.23. The van der Waals surface area contributed by atoms with Crippen LogP contribution in [0.4, 0.5) is 5.13 Å². The average Bonchev–Trinajstić information content (AvgIpc) is 3.48. The number of carbonyl (C=O) groups is 2. The van der Waals surface area contributed by atoms with E-state index in [9.17, 15) is 14.7 Å². The van der Waals surface area contributed by atoms with Crippen LogP contribution < -0.4 is 9.64 Å². The van der Waals surface area contributed by atoms with E-state index in [1.165, 1.54) is 27.6 Å². The molecule has 6 nitrogen and oxygen atoms in total. The van der Waals surface area contributed by atoms with Gasteiger partial charge in [0.1, 0.15) is 11.8 Å². The molecule has 29 heavy (non-hydrogen) atoms. The standard InChI is InChI=1S/C21H18N2O4S2/c1-2-10-27-14-7-5-13(6-8-14)18(24)16-17(15-4-3-11-28-15)23(20(26)19(16)25)21-22-9-12-29-21/h3-9,11-12,17,25H,2,10H2,1H3. The van der Waals surface area contributed by atoms with E-state index < -0.39 is 23.5 Å². The number of thiophene rings is 1. The van der Waals surface area contributed by atoms with Gasteiger partial charge in [-0.1, -0.05) is 13.0 Å². The zero-order chi connectivity index (χ0) is 20.4. The topological polar surface area (TPSA) is 79.7 Å². The maximum atomic E-state index is 13.3. The van der Waals surface area contributed by atoms with Crippen molar-refractivity contribution >= 4 is 39.5 Å². The summed E-state index contributed by atoms with van der Waals surface area (Å²) in [6.45, 7) is 2.61. The third-order valence-electron chi connectivity index (χ3n) is 4.48. The molecular weight excluding hydrogens is 408 g/mol. The third kappa shape index (κ3) is 3.56. The molecule has 1 atom stereocenters. The Morgan fingerprint density at radius 2 is 2.00 bits per heavy atom. The van der Waals surface area contributed by atoms with Crippen molar-refractivity contribution in [1.82, 2.24) is 4.98 Å². The second kappa shape index (κ2) is 8.18. The number of aliphatic hydroxyl groups is 1. The highest BCUT2D eigenvalue weighted by molar-refractivity contribution is 7.14. The molecule has 1 unspecified atom stereocenters. The summed E-state index contributed by atoms with van der Waals surface area (Å²) in [7, 11) is 0. The smallest absolute Gasteiger partial charge is 0.296 e. The molecule has 1 N–H and O–H groups in total. The summed E-state index contributed by atoms with van der Waals surface area (Å²) < 4.78 is 5.56. The number of amides is 1. The van der Waals surface area contributed by atoms with Crippen LogP contribution in [0.5, 0.6) is 5.75 Å². The minimum atomic E-state index is -0.711. The number of anilines is 1. The van der Waals surface area contributed by atoms with Crippen LogP contribution in [0.1, 0.15) is 34.6 Å². The average molecular weight is 427 g/mol. The van der Waals surface area contributed by atoms with Crippen molar-refractivity contribution in [1.29, 1.82) is 0 Å². The molecule has 0 fully saturated rings. The third-order valence-corrected chi connectivity index (χ3v) is 6.18. The van der Waals surface area contributed by atoms with Gasteiger partial charge in [-0.2, -0.15) is 0 Å². The molecule has 1 aromatic carbocycles. The van der Waals surface area contributed by atoms with Crippen LogP contribution in [0.25, 0.3) is 0 Å². The molecule has 0 saturated carbocycles. The van der Waals surface area contributed by atoms with Crippen molar-refractivity contribution in [3.05, 3.63) is 75.1 Å². The minimum absolute atomic E-state index is 0.0647. The van der Waals surface area contributed by atoms with Crippen molar-refractivity contribution in [2.24, 2.45) is 0 Å². The summed E-state index contributed by atoms with van der Waals surface area (Å²) in [6, 6.07) is 9.72. The molecule has 4 rings (SSSR count). The number of ketones is 1. The molecule has 0 bridgehead atoms. The lowest BCUT2D eigenvalue weighted by Crippen LogP contribution is -2.30. The van der Waals surface area contributed by atoms with Gasteiger partial charge in [0.25, 0.3) is 5.91 Å². The van der Waals surface area contributed by atoms with E-state index in [1.54, 1.807) is 35.8 Å². The number of nitrogens with zero attached hydrogens (tertiary/aromatic N) is 2. The number of thiazole rings is 1. The van der Waals surface area contributed by atoms with Crippen molar-refractivity contribution in [3.63, 3.8) is 0 Å². The maximum Gasteiger partial charge on any atom is 0.296 e. The van der Waals surface area contributed by atoms with Crippen molar-refractivity contribution < 1.29 is 19.4 Å². The number of rotatable bonds is 7. The van der Waals surface area contributed by atoms with Gasteiger partial charge < -0.3 is 9.84 Å². The van der Waals surface area contributed by atoms with Gasteiger partial charge in [-0.25, -0.2) is 4.98 Å². The van der Waals surface area contributed by atoms with Crippen LogP contribution in [0.3, 0.4) is 0 Å². The van der Waals surface area contributed by atoms with Gasteiger partial charge in [0.05, 0.1) is 12.2 Å². The monoisotopic (exact) mass is 426 g/mol. The Labute approximate surface area is 175 Å². The second-order valence-electron chi connectivity index (χ2n) is 6.37. The minimum Gasteiger partial charge on any atom is -0.503 e. The Bertz CT molecular complexity index is 1040. The van der Waals surface area contributed by atoms with Crippen LogP contribution >= 0.6 is 22.7 Å². The molecule has 2 aromatic heterocycles. The van der Waals surface area contributed by atoms with E-state index in [1.807, 2.05) is 24.4 Å². The number of ether oxygens (including phenoxy) is 1. The lowest BCUT2D eigenvalue weighted by molar-refractivity contribution is -0.117. The molecule has 1 aliphatic rings. The van der Waals surface area contributed by atoms with Crippen LogP contribution in [0.15, 0.2) is 64.7 Å². The van der Waals surface area contributed by atoms with E-state index >= 15 is 0 Å². The zero-order valence-electron chi connectivity index (χ0n) is 15.6. The van der Waals surface area contributed by atoms with Crippen LogP contribution in [-0.4, -0.2) is 28.4 Å². The Morgan fingerprint density at radius 3 is 2.62 bits per heavy atom. The number of hydrogen-bond acceptors (Lipinski definition) is 7. The first-order valence-corrected chi connectivity index (χ1v) is 10.8. The molecule has 0 saturated heterocycles. The lowest BCUT2D eigenvalue weighted by atomic mass is 9.97. The molecule has 0 radical (unpaired) electrons. The number of carbonyl (C=O) groups excluding carboxylic acids is 2. The van der Waals surface area contributed by atoms with E-state index in [0.717, 1.165) is 11.3 Å². The molecule has 3 heterocycles. The first-order chi connectivity index (χ1) is 14.1. The SMILES string of the molecule is CCCOc1ccc(C(=O)C2=C(O)C(=O)N(c3nccs3)C2c2cccs2)cc1. The summed E-state index contributed by atoms with van der Waals surface area (Å²) in [5.41, 5.74) is 0.445. The summed E-state index contributed by atoms with van der Waals surface area (Å²) >= 11 is 2.70. The largest absolute Gasteiger partial charge is 0.503 e. The molecule has 0 aliphatic carbocycles. The molecule has 1 aliphatic heterocycles. The van der Waals surface area contributed by atoms with E-state index in [4.69, 9.17) is 4.74 Å². The fraction of sp³-hybridized carbons (Fsp3) is 0.190. The molecule has 0 spiro atoms. The maximum absolute atomic E-state index is 13.3. The van der Waals surface area contributed by atoms with Gasteiger partial charge in [-0.05, 0) is 42.1 Å². The zero-order valence-corrected chi connectivity index (χ0v) is 17.2. The fourth-order valence-electron chi connectivity index (χ4n) is 3.16. The molecule has 3 aromatic rings. The molecular formula is C21H18N2O4S2. The van der Waals surface area contributed by atoms with Gasteiger partial charge in [0.15, 0.2) is 16.7 Å². The Hall–Kier alpha value is -2.97. The summed E-state index contributed by atoms with van der Waals surface area (Å²) in [5.74, 6) is -0.877.